The quantitative estimate of drug-likeness (QED) is 0.891. The summed E-state index contributed by atoms with van der Waals surface area (Å²) in [6, 6.07) is 9.30. The van der Waals surface area contributed by atoms with Gasteiger partial charge < -0.3 is 10.6 Å². The zero-order valence-corrected chi connectivity index (χ0v) is 14.0. The van der Waals surface area contributed by atoms with E-state index < -0.39 is 0 Å². The molecule has 4 nitrogen and oxygen atoms in total. The summed E-state index contributed by atoms with van der Waals surface area (Å²) in [6.07, 6.45) is 0.997. The van der Waals surface area contributed by atoms with Crippen molar-refractivity contribution in [2.45, 2.75) is 18.9 Å². The predicted octanol–water partition coefficient (Wildman–Crippen LogP) is 3.13. The van der Waals surface area contributed by atoms with Crippen molar-refractivity contribution in [2.24, 2.45) is 5.92 Å². The van der Waals surface area contributed by atoms with Gasteiger partial charge in [0.15, 0.2) is 0 Å². The molecule has 1 aliphatic rings. The molecular weight excluding hydrogens is 332 g/mol. The fraction of sp³-hybridized carbons (Fsp3) is 0.294. The lowest BCUT2D eigenvalue weighted by Crippen LogP contribution is -2.44. The van der Waals surface area contributed by atoms with E-state index in [-0.39, 0.29) is 23.8 Å². The van der Waals surface area contributed by atoms with Crippen molar-refractivity contribution < 1.29 is 9.59 Å². The first kappa shape index (κ1) is 16.0. The smallest absolute Gasteiger partial charge is 0.225 e. The highest BCUT2D eigenvalue weighted by Crippen LogP contribution is 2.26. The van der Waals surface area contributed by atoms with E-state index in [2.05, 4.69) is 10.6 Å². The highest BCUT2D eigenvalue weighted by Gasteiger charge is 2.27. The number of piperidine rings is 1. The Morgan fingerprint density at radius 2 is 2.04 bits per heavy atom. The molecule has 2 atom stereocenters. The number of halogens is 1. The van der Waals surface area contributed by atoms with Gasteiger partial charge in [0, 0.05) is 18.0 Å². The van der Waals surface area contributed by atoms with E-state index in [1.54, 1.807) is 11.3 Å². The molecule has 0 saturated carbocycles. The third-order valence-electron chi connectivity index (χ3n) is 4.00. The molecule has 0 spiro atoms. The number of rotatable bonds is 4. The Bertz CT molecular complexity index is 675. The van der Waals surface area contributed by atoms with Crippen molar-refractivity contribution in [1.82, 2.24) is 10.6 Å². The van der Waals surface area contributed by atoms with E-state index in [0.29, 0.717) is 24.4 Å². The van der Waals surface area contributed by atoms with E-state index in [9.17, 15) is 9.59 Å². The maximum Gasteiger partial charge on any atom is 0.225 e. The van der Waals surface area contributed by atoms with Crippen LogP contribution in [0.15, 0.2) is 41.1 Å². The van der Waals surface area contributed by atoms with E-state index in [0.717, 1.165) is 11.1 Å². The molecule has 1 aliphatic heterocycles. The summed E-state index contributed by atoms with van der Waals surface area (Å²) in [7, 11) is 0. The summed E-state index contributed by atoms with van der Waals surface area (Å²) in [5, 5.41) is 10.6. The van der Waals surface area contributed by atoms with Crippen LogP contribution in [0.25, 0.3) is 0 Å². The van der Waals surface area contributed by atoms with Crippen molar-refractivity contribution in [3.05, 3.63) is 57.2 Å². The fourth-order valence-corrected chi connectivity index (χ4v) is 3.48. The Kier molecular flexibility index (Phi) is 4.98. The average Bonchev–Trinajstić information content (AvgIpc) is 3.08. The van der Waals surface area contributed by atoms with E-state index in [1.807, 2.05) is 41.1 Å². The number of thiophene rings is 1. The molecule has 0 unspecified atom stereocenters. The largest absolute Gasteiger partial charge is 0.355 e. The van der Waals surface area contributed by atoms with Gasteiger partial charge in [-0.1, -0.05) is 23.7 Å². The van der Waals surface area contributed by atoms with Gasteiger partial charge in [0.1, 0.15) is 0 Å². The van der Waals surface area contributed by atoms with Crippen LogP contribution in [0.2, 0.25) is 5.02 Å². The highest BCUT2D eigenvalue weighted by molar-refractivity contribution is 7.08. The number of hydrogen-bond donors (Lipinski definition) is 2. The molecule has 1 fully saturated rings. The lowest BCUT2D eigenvalue weighted by atomic mass is 9.96. The molecule has 3 rings (SSSR count). The lowest BCUT2D eigenvalue weighted by molar-refractivity contribution is -0.129. The maximum absolute atomic E-state index is 12.6. The van der Waals surface area contributed by atoms with Gasteiger partial charge in [-0.15, -0.1) is 0 Å². The van der Waals surface area contributed by atoms with Crippen LogP contribution in [0.1, 0.15) is 30.0 Å². The van der Waals surface area contributed by atoms with Crippen LogP contribution in [0.4, 0.5) is 0 Å². The van der Waals surface area contributed by atoms with Gasteiger partial charge >= 0.3 is 0 Å². The van der Waals surface area contributed by atoms with Crippen molar-refractivity contribution in [1.29, 1.82) is 0 Å². The molecule has 1 saturated heterocycles. The van der Waals surface area contributed by atoms with Crippen LogP contribution in [-0.4, -0.2) is 18.4 Å². The van der Waals surface area contributed by atoms with Gasteiger partial charge in [-0.05, 0) is 46.5 Å². The third kappa shape index (κ3) is 3.92. The molecule has 1 aromatic carbocycles. The van der Waals surface area contributed by atoms with Gasteiger partial charge in [-0.3, -0.25) is 9.59 Å². The molecule has 0 bridgehead atoms. The van der Waals surface area contributed by atoms with Crippen LogP contribution < -0.4 is 10.6 Å². The van der Waals surface area contributed by atoms with E-state index >= 15 is 0 Å². The zero-order chi connectivity index (χ0) is 16.2. The molecule has 2 heterocycles. The van der Waals surface area contributed by atoms with Gasteiger partial charge in [0.25, 0.3) is 0 Å². The standard InChI is InChI=1S/C17H17ClN2O2S/c18-14-4-1-11(2-5-14)16(13-7-8-23-10-13)20-17(22)12-3-6-15(21)19-9-12/h1-2,4-5,7-8,10,12,16H,3,6,9H2,(H,19,21)(H,20,22)/t12-,16+/m1/s1. The summed E-state index contributed by atoms with van der Waals surface area (Å²) < 4.78 is 0. The topological polar surface area (TPSA) is 58.2 Å². The first-order chi connectivity index (χ1) is 11.1. The normalized spacial score (nSPS) is 19.0. The number of hydrogen-bond acceptors (Lipinski definition) is 3. The van der Waals surface area contributed by atoms with Crippen molar-refractivity contribution in [2.75, 3.05) is 6.54 Å². The van der Waals surface area contributed by atoms with Crippen LogP contribution in [0, 0.1) is 5.92 Å². The molecule has 120 valence electrons. The molecule has 1 aromatic heterocycles. The molecule has 0 aliphatic carbocycles. The molecule has 2 aromatic rings. The maximum atomic E-state index is 12.6. The number of amides is 2. The number of benzene rings is 1. The average molecular weight is 349 g/mol. The second kappa shape index (κ2) is 7.15. The minimum absolute atomic E-state index is 0.0149. The van der Waals surface area contributed by atoms with E-state index in [1.165, 1.54) is 0 Å². The lowest BCUT2D eigenvalue weighted by Gasteiger charge is -2.25. The summed E-state index contributed by atoms with van der Waals surface area (Å²) in [5.74, 6) is -0.196. The fourth-order valence-electron chi connectivity index (χ4n) is 2.67. The van der Waals surface area contributed by atoms with Crippen LogP contribution in [0.5, 0.6) is 0 Å². The SMILES string of the molecule is O=C1CC[C@@H](C(=O)N[C@@H](c2ccc(Cl)cc2)c2ccsc2)CN1. The van der Waals surface area contributed by atoms with Crippen molar-refractivity contribution >= 4 is 34.8 Å². The highest BCUT2D eigenvalue weighted by atomic mass is 35.5. The molecule has 2 amide bonds. The molecule has 23 heavy (non-hydrogen) atoms. The third-order valence-corrected chi connectivity index (χ3v) is 4.96. The number of nitrogens with one attached hydrogen (secondary N) is 2. The Morgan fingerprint density at radius 3 is 2.65 bits per heavy atom. The Hall–Kier alpha value is -1.85. The van der Waals surface area contributed by atoms with Gasteiger partial charge in [-0.2, -0.15) is 11.3 Å². The Labute approximate surface area is 143 Å². The Balaban J connectivity index is 1.78. The summed E-state index contributed by atoms with van der Waals surface area (Å²) in [6.45, 7) is 0.404. The van der Waals surface area contributed by atoms with Crippen molar-refractivity contribution in [3.8, 4) is 0 Å². The number of carbonyl (C=O) groups excluding carboxylic acids is 2. The summed E-state index contributed by atoms with van der Waals surface area (Å²) >= 11 is 7.55. The van der Waals surface area contributed by atoms with Crippen molar-refractivity contribution in [3.63, 3.8) is 0 Å². The molecular formula is C17H17ClN2O2S. The molecule has 2 N–H and O–H groups in total. The second-order valence-corrected chi connectivity index (χ2v) is 6.81. The Morgan fingerprint density at radius 1 is 1.26 bits per heavy atom. The number of carbonyl (C=O) groups is 2. The molecule has 0 radical (unpaired) electrons. The van der Waals surface area contributed by atoms with E-state index in [4.69, 9.17) is 11.6 Å². The minimum atomic E-state index is -0.205. The van der Waals surface area contributed by atoms with Gasteiger partial charge in [0.05, 0.1) is 12.0 Å². The first-order valence-electron chi connectivity index (χ1n) is 7.48. The van der Waals surface area contributed by atoms with Gasteiger partial charge in [-0.25, -0.2) is 0 Å². The van der Waals surface area contributed by atoms with Gasteiger partial charge in [0.2, 0.25) is 11.8 Å². The second-order valence-electron chi connectivity index (χ2n) is 5.59. The van der Waals surface area contributed by atoms with Crippen LogP contribution in [0.3, 0.4) is 0 Å². The minimum Gasteiger partial charge on any atom is -0.355 e. The summed E-state index contributed by atoms with van der Waals surface area (Å²) in [5.41, 5.74) is 2.03. The monoisotopic (exact) mass is 348 g/mol. The summed E-state index contributed by atoms with van der Waals surface area (Å²) in [4.78, 5) is 23.8. The zero-order valence-electron chi connectivity index (χ0n) is 12.4. The van der Waals surface area contributed by atoms with Crippen LogP contribution in [-0.2, 0) is 9.59 Å². The first-order valence-corrected chi connectivity index (χ1v) is 8.80. The molecule has 6 heteroatoms. The predicted molar refractivity (Wildman–Crippen MR) is 91.5 cm³/mol. The van der Waals surface area contributed by atoms with Crippen LogP contribution >= 0.6 is 22.9 Å².